The van der Waals surface area contributed by atoms with E-state index >= 15 is 0 Å². The molecule has 1 aromatic rings. The van der Waals surface area contributed by atoms with Crippen LogP contribution < -0.4 is 5.32 Å². The molecule has 4 nitrogen and oxygen atoms in total. The van der Waals surface area contributed by atoms with Crippen LogP contribution in [0.3, 0.4) is 0 Å². The molecule has 2 aliphatic heterocycles. The van der Waals surface area contributed by atoms with Crippen LogP contribution in [0.25, 0.3) is 0 Å². The molecule has 2 aliphatic rings. The maximum Gasteiger partial charge on any atom is 0.238 e. The number of aliphatic hydroxyl groups is 1. The summed E-state index contributed by atoms with van der Waals surface area (Å²) in [4.78, 5) is 14.3. The molecule has 1 aromatic carbocycles. The van der Waals surface area contributed by atoms with E-state index in [1.807, 2.05) is 0 Å². The first-order valence-corrected chi connectivity index (χ1v) is 7.11. The summed E-state index contributed by atoms with van der Waals surface area (Å²) in [6.45, 7) is 0.347. The zero-order valence-corrected chi connectivity index (χ0v) is 11.3. The van der Waals surface area contributed by atoms with Gasteiger partial charge < -0.3 is 10.4 Å². The van der Waals surface area contributed by atoms with Crippen molar-refractivity contribution in [1.29, 1.82) is 0 Å². The van der Waals surface area contributed by atoms with Crippen LogP contribution in [-0.2, 0) is 4.79 Å². The van der Waals surface area contributed by atoms with E-state index in [4.69, 9.17) is 0 Å². The second kappa shape index (κ2) is 5.50. The average Bonchev–Trinajstić information content (AvgIpc) is 2.65. The topological polar surface area (TPSA) is 52.6 Å². The number of anilines is 1. The number of piperidine rings is 1. The van der Waals surface area contributed by atoms with Crippen LogP contribution in [0.5, 0.6) is 0 Å². The number of carbonyl (C=O) groups is 1. The predicted molar refractivity (Wildman–Crippen MR) is 73.8 cm³/mol. The highest BCUT2D eigenvalue weighted by Crippen LogP contribution is 2.35. The molecule has 2 unspecified atom stereocenters. The molecular formula is C15H19FN2O2. The molecule has 2 fully saturated rings. The highest BCUT2D eigenvalue weighted by molar-refractivity contribution is 5.92. The maximum absolute atomic E-state index is 12.8. The molecule has 20 heavy (non-hydrogen) atoms. The van der Waals surface area contributed by atoms with Gasteiger partial charge in [-0.1, -0.05) is 0 Å². The van der Waals surface area contributed by atoms with Crippen LogP contribution in [0.2, 0.25) is 0 Å². The molecule has 2 atom stereocenters. The molecule has 3 rings (SSSR count). The number of hydrogen-bond donors (Lipinski definition) is 2. The average molecular weight is 278 g/mol. The van der Waals surface area contributed by atoms with Crippen molar-refractivity contribution in [2.24, 2.45) is 0 Å². The van der Waals surface area contributed by atoms with E-state index in [0.717, 1.165) is 25.7 Å². The number of benzene rings is 1. The summed E-state index contributed by atoms with van der Waals surface area (Å²) in [5.74, 6) is -0.393. The van der Waals surface area contributed by atoms with Crippen molar-refractivity contribution in [3.8, 4) is 0 Å². The lowest BCUT2D eigenvalue weighted by molar-refractivity contribution is -0.119. The third-order valence-corrected chi connectivity index (χ3v) is 4.31. The van der Waals surface area contributed by atoms with E-state index in [2.05, 4.69) is 10.2 Å². The van der Waals surface area contributed by atoms with Crippen molar-refractivity contribution in [3.05, 3.63) is 30.1 Å². The van der Waals surface area contributed by atoms with E-state index in [9.17, 15) is 14.3 Å². The first kappa shape index (κ1) is 13.5. The normalized spacial score (nSPS) is 29.4. The quantitative estimate of drug-likeness (QED) is 0.885. The molecule has 0 radical (unpaired) electrons. The van der Waals surface area contributed by atoms with E-state index in [-0.39, 0.29) is 17.8 Å². The summed E-state index contributed by atoms with van der Waals surface area (Å²) in [7, 11) is 0. The largest absolute Gasteiger partial charge is 0.393 e. The Morgan fingerprint density at radius 2 is 1.85 bits per heavy atom. The first-order chi connectivity index (χ1) is 9.61. The highest BCUT2D eigenvalue weighted by Gasteiger charge is 2.40. The Bertz CT molecular complexity index is 477. The SMILES string of the molecule is O=C(CN1C2CCC1CC(O)C2)Nc1ccc(F)cc1. The summed E-state index contributed by atoms with van der Waals surface area (Å²) in [5.41, 5.74) is 0.612. The van der Waals surface area contributed by atoms with Gasteiger partial charge in [-0.15, -0.1) is 0 Å². The van der Waals surface area contributed by atoms with Crippen molar-refractivity contribution >= 4 is 11.6 Å². The Morgan fingerprint density at radius 3 is 2.45 bits per heavy atom. The van der Waals surface area contributed by atoms with Crippen molar-refractivity contribution in [2.45, 2.75) is 43.9 Å². The second-order valence-electron chi connectivity index (χ2n) is 5.74. The maximum atomic E-state index is 12.8. The minimum absolute atomic E-state index is 0.0788. The number of nitrogens with one attached hydrogen (secondary N) is 1. The fourth-order valence-electron chi connectivity index (χ4n) is 3.40. The number of halogens is 1. The lowest BCUT2D eigenvalue weighted by atomic mass is 10.00. The lowest BCUT2D eigenvalue weighted by Crippen LogP contribution is -2.47. The Balaban J connectivity index is 1.58. The van der Waals surface area contributed by atoms with Crippen LogP contribution >= 0.6 is 0 Å². The summed E-state index contributed by atoms with van der Waals surface area (Å²) in [5, 5.41) is 12.5. The van der Waals surface area contributed by atoms with Gasteiger partial charge in [-0.2, -0.15) is 0 Å². The van der Waals surface area contributed by atoms with Crippen LogP contribution in [0.15, 0.2) is 24.3 Å². The highest BCUT2D eigenvalue weighted by atomic mass is 19.1. The Labute approximate surface area is 117 Å². The number of carbonyl (C=O) groups excluding carboxylic acids is 1. The second-order valence-corrected chi connectivity index (χ2v) is 5.74. The molecule has 0 spiro atoms. The molecule has 5 heteroatoms. The van der Waals surface area contributed by atoms with Gasteiger partial charge in [0.2, 0.25) is 5.91 Å². The zero-order chi connectivity index (χ0) is 14.1. The fraction of sp³-hybridized carbons (Fsp3) is 0.533. The smallest absolute Gasteiger partial charge is 0.238 e. The number of hydrogen-bond acceptors (Lipinski definition) is 3. The van der Waals surface area contributed by atoms with Gasteiger partial charge in [-0.3, -0.25) is 9.69 Å². The van der Waals surface area contributed by atoms with Gasteiger partial charge in [0.15, 0.2) is 0 Å². The number of amides is 1. The summed E-state index contributed by atoms with van der Waals surface area (Å²) in [6, 6.07) is 6.42. The van der Waals surface area contributed by atoms with E-state index in [0.29, 0.717) is 24.3 Å². The third kappa shape index (κ3) is 2.83. The Kier molecular flexibility index (Phi) is 3.72. The van der Waals surface area contributed by atoms with Gasteiger partial charge >= 0.3 is 0 Å². The first-order valence-electron chi connectivity index (χ1n) is 7.11. The standard InChI is InChI=1S/C15H19FN2O2/c16-10-1-3-11(4-2-10)17-15(20)9-18-12-5-6-13(18)8-14(19)7-12/h1-4,12-14,19H,5-9H2,(H,17,20). The van der Waals surface area contributed by atoms with Crippen molar-refractivity contribution in [3.63, 3.8) is 0 Å². The van der Waals surface area contributed by atoms with Crippen LogP contribution in [0.1, 0.15) is 25.7 Å². The fourth-order valence-corrected chi connectivity index (χ4v) is 3.40. The van der Waals surface area contributed by atoms with Crippen molar-refractivity contribution < 1.29 is 14.3 Å². The minimum Gasteiger partial charge on any atom is -0.393 e. The van der Waals surface area contributed by atoms with Gasteiger partial charge in [-0.25, -0.2) is 4.39 Å². The molecule has 1 amide bonds. The molecule has 0 aromatic heterocycles. The predicted octanol–water partition coefficient (Wildman–Crippen LogP) is 1.75. The molecule has 2 heterocycles. The Hall–Kier alpha value is -1.46. The molecule has 0 saturated carbocycles. The van der Waals surface area contributed by atoms with E-state index < -0.39 is 0 Å². The van der Waals surface area contributed by atoms with Gasteiger partial charge in [0, 0.05) is 17.8 Å². The molecule has 2 bridgehead atoms. The lowest BCUT2D eigenvalue weighted by Gasteiger charge is -2.36. The molecule has 2 N–H and O–H groups in total. The number of aliphatic hydroxyl groups excluding tert-OH is 1. The van der Waals surface area contributed by atoms with Crippen LogP contribution in [0, 0.1) is 5.82 Å². The van der Waals surface area contributed by atoms with Crippen molar-refractivity contribution in [1.82, 2.24) is 4.90 Å². The summed E-state index contributed by atoms with van der Waals surface area (Å²) in [6.07, 6.45) is 3.43. The minimum atomic E-state index is -0.314. The monoisotopic (exact) mass is 278 g/mol. The number of nitrogens with zero attached hydrogens (tertiary/aromatic N) is 1. The number of rotatable bonds is 3. The number of fused-ring (bicyclic) bond motifs is 2. The van der Waals surface area contributed by atoms with Crippen molar-refractivity contribution in [2.75, 3.05) is 11.9 Å². The van der Waals surface area contributed by atoms with Gasteiger partial charge in [0.1, 0.15) is 5.82 Å². The van der Waals surface area contributed by atoms with Gasteiger partial charge in [0.25, 0.3) is 0 Å². The van der Waals surface area contributed by atoms with E-state index in [1.54, 1.807) is 12.1 Å². The van der Waals surface area contributed by atoms with E-state index in [1.165, 1.54) is 12.1 Å². The summed E-state index contributed by atoms with van der Waals surface area (Å²) >= 11 is 0. The third-order valence-electron chi connectivity index (χ3n) is 4.31. The van der Waals surface area contributed by atoms with Gasteiger partial charge in [-0.05, 0) is 49.9 Å². The Morgan fingerprint density at radius 1 is 1.25 bits per heavy atom. The summed E-state index contributed by atoms with van der Waals surface area (Å²) < 4.78 is 12.8. The molecule has 108 valence electrons. The van der Waals surface area contributed by atoms with Gasteiger partial charge in [0.05, 0.1) is 12.6 Å². The molecule has 0 aliphatic carbocycles. The van der Waals surface area contributed by atoms with Crippen LogP contribution in [0.4, 0.5) is 10.1 Å². The molecular weight excluding hydrogens is 259 g/mol. The zero-order valence-electron chi connectivity index (χ0n) is 11.3. The molecule has 2 saturated heterocycles. The van der Waals surface area contributed by atoms with Crippen LogP contribution in [-0.4, -0.2) is 40.6 Å².